The van der Waals surface area contributed by atoms with Crippen LogP contribution >= 0.6 is 0 Å². The summed E-state index contributed by atoms with van der Waals surface area (Å²) in [5.41, 5.74) is 1.35. The van der Waals surface area contributed by atoms with Gasteiger partial charge in [0.25, 0.3) is 0 Å². The van der Waals surface area contributed by atoms with Crippen LogP contribution in [-0.2, 0) is 0 Å². The average molecular weight is 326 g/mol. The minimum absolute atomic E-state index is 0.101. The van der Waals surface area contributed by atoms with Gasteiger partial charge in [0.1, 0.15) is 17.1 Å². The second-order valence-corrected chi connectivity index (χ2v) is 6.49. The number of para-hydroxylation sites is 1. The van der Waals surface area contributed by atoms with Gasteiger partial charge in [-0.25, -0.2) is 4.79 Å². The largest absolute Gasteiger partial charge is 0.497 e. The molecule has 0 fully saturated rings. The van der Waals surface area contributed by atoms with Crippen molar-refractivity contribution in [3.8, 4) is 11.5 Å². The predicted octanol–water partition coefficient (Wildman–Crippen LogP) is 4.12. The van der Waals surface area contributed by atoms with Crippen molar-refractivity contribution in [1.29, 1.82) is 0 Å². The third-order valence-electron chi connectivity index (χ3n) is 4.01. The second kappa shape index (κ2) is 6.43. The molecule has 1 atom stereocenters. The number of ether oxygens (including phenoxy) is 2. The van der Waals surface area contributed by atoms with Crippen LogP contribution in [0.4, 0.5) is 10.5 Å². The smallest absolute Gasteiger partial charge is 0.319 e. The van der Waals surface area contributed by atoms with Crippen molar-refractivity contribution in [2.75, 3.05) is 12.4 Å². The Bertz CT molecular complexity index is 743. The first-order valence-corrected chi connectivity index (χ1v) is 7.96. The van der Waals surface area contributed by atoms with Crippen LogP contribution in [0.1, 0.15) is 31.9 Å². The van der Waals surface area contributed by atoms with E-state index in [1.54, 1.807) is 13.2 Å². The summed E-state index contributed by atoms with van der Waals surface area (Å²) in [4.78, 5) is 12.4. The molecule has 1 aliphatic rings. The molecule has 2 N–H and O–H groups in total. The van der Waals surface area contributed by atoms with Gasteiger partial charge in [0.2, 0.25) is 0 Å². The Balaban J connectivity index is 1.74. The Kier molecular flexibility index (Phi) is 4.34. The lowest BCUT2D eigenvalue weighted by Gasteiger charge is -2.37. The van der Waals surface area contributed by atoms with E-state index in [-0.39, 0.29) is 17.7 Å². The fourth-order valence-corrected chi connectivity index (χ4v) is 2.96. The standard InChI is InChI=1S/C19H22N2O3/c1-19(2)12-16(15-9-4-5-10-17(15)24-19)21-18(22)20-13-7-6-8-14(11-13)23-3/h4-11,16H,12H2,1-3H3,(H2,20,21,22). The third kappa shape index (κ3) is 3.62. The van der Waals surface area contributed by atoms with Crippen LogP contribution in [0.15, 0.2) is 48.5 Å². The third-order valence-corrected chi connectivity index (χ3v) is 4.01. The SMILES string of the molecule is COc1cccc(NC(=O)NC2CC(C)(C)Oc3ccccc32)c1. The molecule has 0 aromatic heterocycles. The highest BCUT2D eigenvalue weighted by molar-refractivity contribution is 5.89. The Morgan fingerprint density at radius 2 is 2.00 bits per heavy atom. The summed E-state index contributed by atoms with van der Waals surface area (Å²) >= 11 is 0. The Morgan fingerprint density at radius 1 is 1.21 bits per heavy atom. The fraction of sp³-hybridized carbons (Fsp3) is 0.316. The topological polar surface area (TPSA) is 59.6 Å². The van der Waals surface area contributed by atoms with Crippen molar-refractivity contribution < 1.29 is 14.3 Å². The number of nitrogens with one attached hydrogen (secondary N) is 2. The maximum atomic E-state index is 12.4. The number of amides is 2. The van der Waals surface area contributed by atoms with Crippen LogP contribution in [0.25, 0.3) is 0 Å². The van der Waals surface area contributed by atoms with Crippen molar-refractivity contribution >= 4 is 11.7 Å². The first-order chi connectivity index (χ1) is 11.5. The molecule has 2 amide bonds. The number of fused-ring (bicyclic) bond motifs is 1. The lowest BCUT2D eigenvalue weighted by molar-refractivity contribution is 0.0683. The van der Waals surface area contributed by atoms with E-state index >= 15 is 0 Å². The summed E-state index contributed by atoms with van der Waals surface area (Å²) < 4.78 is 11.2. The molecule has 0 radical (unpaired) electrons. The molecule has 0 bridgehead atoms. The molecule has 2 aromatic rings. The Labute approximate surface area is 142 Å². The van der Waals surface area contributed by atoms with Gasteiger partial charge in [0.15, 0.2) is 0 Å². The Morgan fingerprint density at radius 3 is 2.79 bits per heavy atom. The number of carbonyl (C=O) groups excluding carboxylic acids is 1. The van der Waals surface area contributed by atoms with Gasteiger partial charge in [-0.1, -0.05) is 24.3 Å². The summed E-state index contributed by atoms with van der Waals surface area (Å²) in [6.07, 6.45) is 0.704. The van der Waals surface area contributed by atoms with Crippen LogP contribution in [-0.4, -0.2) is 18.7 Å². The molecule has 2 aromatic carbocycles. The van der Waals surface area contributed by atoms with Crippen molar-refractivity contribution in [3.63, 3.8) is 0 Å². The molecule has 126 valence electrons. The molecule has 0 aliphatic carbocycles. The van der Waals surface area contributed by atoms with Gasteiger partial charge in [-0.3, -0.25) is 0 Å². The van der Waals surface area contributed by atoms with Gasteiger partial charge in [-0.2, -0.15) is 0 Å². The van der Waals surface area contributed by atoms with Gasteiger partial charge in [-0.05, 0) is 32.0 Å². The lowest BCUT2D eigenvalue weighted by Crippen LogP contribution is -2.42. The summed E-state index contributed by atoms with van der Waals surface area (Å²) in [5.74, 6) is 1.52. The first-order valence-electron chi connectivity index (χ1n) is 7.96. The van der Waals surface area contributed by atoms with E-state index in [0.717, 1.165) is 11.3 Å². The number of benzene rings is 2. The monoisotopic (exact) mass is 326 g/mol. The molecule has 0 saturated heterocycles. The van der Waals surface area contributed by atoms with E-state index in [2.05, 4.69) is 10.6 Å². The molecule has 5 nitrogen and oxygen atoms in total. The average Bonchev–Trinajstić information content (AvgIpc) is 2.54. The number of hydrogen-bond donors (Lipinski definition) is 2. The van der Waals surface area contributed by atoms with Crippen LogP contribution in [0.5, 0.6) is 11.5 Å². The molecular formula is C19H22N2O3. The van der Waals surface area contributed by atoms with Gasteiger partial charge < -0.3 is 20.1 Å². The van der Waals surface area contributed by atoms with Crippen LogP contribution in [0.3, 0.4) is 0 Å². The van der Waals surface area contributed by atoms with Gasteiger partial charge in [-0.15, -0.1) is 0 Å². The zero-order chi connectivity index (χ0) is 17.2. The summed E-state index contributed by atoms with van der Waals surface area (Å²) in [7, 11) is 1.60. The molecule has 3 rings (SSSR count). The number of urea groups is 1. The zero-order valence-electron chi connectivity index (χ0n) is 14.1. The molecule has 1 unspecified atom stereocenters. The number of rotatable bonds is 3. The van der Waals surface area contributed by atoms with Crippen LogP contribution in [0.2, 0.25) is 0 Å². The second-order valence-electron chi connectivity index (χ2n) is 6.49. The van der Waals surface area contributed by atoms with E-state index in [4.69, 9.17) is 9.47 Å². The summed E-state index contributed by atoms with van der Waals surface area (Å²) in [6, 6.07) is 14.7. The molecular weight excluding hydrogens is 304 g/mol. The van der Waals surface area contributed by atoms with Gasteiger partial charge >= 0.3 is 6.03 Å². The molecule has 0 saturated carbocycles. The van der Waals surface area contributed by atoms with Crippen molar-refractivity contribution in [2.45, 2.75) is 31.9 Å². The predicted molar refractivity (Wildman–Crippen MR) is 93.7 cm³/mol. The van der Waals surface area contributed by atoms with E-state index in [9.17, 15) is 4.79 Å². The van der Waals surface area contributed by atoms with Crippen LogP contribution < -0.4 is 20.1 Å². The van der Waals surface area contributed by atoms with E-state index < -0.39 is 0 Å². The Hall–Kier alpha value is -2.69. The van der Waals surface area contributed by atoms with E-state index in [1.165, 1.54) is 0 Å². The van der Waals surface area contributed by atoms with Crippen LogP contribution in [0, 0.1) is 0 Å². The molecule has 0 spiro atoms. The molecule has 1 aliphatic heterocycles. The molecule has 1 heterocycles. The fourth-order valence-electron chi connectivity index (χ4n) is 2.96. The summed E-state index contributed by atoms with van der Waals surface area (Å²) in [6.45, 7) is 4.05. The van der Waals surface area contributed by atoms with Crippen molar-refractivity contribution in [3.05, 3.63) is 54.1 Å². The molecule has 24 heavy (non-hydrogen) atoms. The van der Waals surface area contributed by atoms with E-state index in [0.29, 0.717) is 17.9 Å². The maximum absolute atomic E-state index is 12.4. The normalized spacial score (nSPS) is 18.0. The highest BCUT2D eigenvalue weighted by Crippen LogP contribution is 2.39. The lowest BCUT2D eigenvalue weighted by atomic mass is 9.90. The highest BCUT2D eigenvalue weighted by atomic mass is 16.5. The number of methoxy groups -OCH3 is 1. The quantitative estimate of drug-likeness (QED) is 0.892. The summed E-state index contributed by atoms with van der Waals surface area (Å²) in [5, 5.41) is 5.90. The van der Waals surface area contributed by atoms with Crippen molar-refractivity contribution in [1.82, 2.24) is 5.32 Å². The molecule has 5 heteroatoms. The maximum Gasteiger partial charge on any atom is 0.319 e. The highest BCUT2D eigenvalue weighted by Gasteiger charge is 2.34. The van der Waals surface area contributed by atoms with Crippen molar-refractivity contribution in [2.24, 2.45) is 0 Å². The number of carbonyl (C=O) groups is 1. The number of hydrogen-bond acceptors (Lipinski definition) is 3. The minimum atomic E-state index is -0.331. The van der Waals surface area contributed by atoms with Gasteiger partial charge in [0.05, 0.1) is 13.2 Å². The minimum Gasteiger partial charge on any atom is -0.497 e. The zero-order valence-corrected chi connectivity index (χ0v) is 14.1. The number of anilines is 1. The van der Waals surface area contributed by atoms with Gasteiger partial charge in [0, 0.05) is 23.7 Å². The first kappa shape index (κ1) is 16.2. The van der Waals surface area contributed by atoms with E-state index in [1.807, 2.05) is 56.3 Å².